The molecule has 2 aromatic carbocycles. The molecule has 3 aromatic rings. The third-order valence-corrected chi connectivity index (χ3v) is 5.03. The Morgan fingerprint density at radius 1 is 1.03 bits per heavy atom. The molecule has 0 saturated carbocycles. The Labute approximate surface area is 178 Å². The van der Waals surface area contributed by atoms with Crippen molar-refractivity contribution in [2.45, 2.75) is 27.2 Å². The average Bonchev–Trinajstić information content (AvgIpc) is 2.73. The Morgan fingerprint density at radius 2 is 1.73 bits per heavy atom. The summed E-state index contributed by atoms with van der Waals surface area (Å²) in [4.78, 5) is 22.8. The van der Waals surface area contributed by atoms with E-state index in [0.29, 0.717) is 23.9 Å². The second-order valence-electron chi connectivity index (χ2n) is 7.94. The summed E-state index contributed by atoms with van der Waals surface area (Å²) in [6.07, 6.45) is 1.05. The zero-order valence-corrected chi connectivity index (χ0v) is 18.5. The predicted molar refractivity (Wildman–Crippen MR) is 123 cm³/mol. The zero-order chi connectivity index (χ0) is 21.7. The summed E-state index contributed by atoms with van der Waals surface area (Å²) in [6.45, 7) is 7.79. The Bertz CT molecular complexity index is 1020. The van der Waals surface area contributed by atoms with Gasteiger partial charge in [-0.05, 0) is 37.5 Å². The number of nitrogens with zero attached hydrogens (tertiary/aromatic N) is 4. The summed E-state index contributed by atoms with van der Waals surface area (Å²) in [6, 6.07) is 15.5. The van der Waals surface area contributed by atoms with E-state index in [9.17, 15) is 4.79 Å². The summed E-state index contributed by atoms with van der Waals surface area (Å²) in [5, 5.41) is 7.96. The molecule has 0 spiro atoms. The molecule has 0 fully saturated rings. The van der Waals surface area contributed by atoms with Crippen molar-refractivity contribution in [1.82, 2.24) is 20.0 Å². The van der Waals surface area contributed by atoms with Crippen LogP contribution in [0.5, 0.6) is 0 Å². The molecule has 1 aromatic heterocycles. The first-order chi connectivity index (χ1) is 14.4. The van der Waals surface area contributed by atoms with Gasteiger partial charge >= 0.3 is 0 Å². The van der Waals surface area contributed by atoms with Crippen LogP contribution >= 0.6 is 0 Å². The number of hydrogen-bond donors (Lipinski definition) is 1. The van der Waals surface area contributed by atoms with Crippen molar-refractivity contribution >= 4 is 22.6 Å². The highest BCUT2D eigenvalue weighted by Crippen LogP contribution is 2.28. The highest BCUT2D eigenvalue weighted by Gasteiger charge is 2.21. The molecule has 0 aliphatic rings. The lowest BCUT2D eigenvalue weighted by Gasteiger charge is -2.28. The van der Waals surface area contributed by atoms with Gasteiger partial charge in [-0.15, -0.1) is 0 Å². The lowest BCUT2D eigenvalue weighted by atomic mass is 10.1. The van der Waals surface area contributed by atoms with Gasteiger partial charge in [0, 0.05) is 38.1 Å². The van der Waals surface area contributed by atoms with Gasteiger partial charge in [-0.25, -0.2) is 15.0 Å². The van der Waals surface area contributed by atoms with Gasteiger partial charge in [-0.3, -0.25) is 9.80 Å². The van der Waals surface area contributed by atoms with Crippen molar-refractivity contribution in [3.8, 4) is 11.4 Å². The van der Waals surface area contributed by atoms with Gasteiger partial charge < -0.3 is 5.32 Å². The molecule has 0 atom stereocenters. The Hall–Kier alpha value is -2.99. The summed E-state index contributed by atoms with van der Waals surface area (Å²) >= 11 is 0. The number of anilines is 1. The molecule has 0 aliphatic heterocycles. The van der Waals surface area contributed by atoms with Gasteiger partial charge in [0.2, 0.25) is 0 Å². The van der Waals surface area contributed by atoms with Crippen molar-refractivity contribution in [2.75, 3.05) is 32.5 Å². The van der Waals surface area contributed by atoms with Crippen LogP contribution in [0.25, 0.3) is 22.3 Å². The molecule has 1 amide bonds. The smallest absolute Gasteiger partial charge is 0.268 e. The van der Waals surface area contributed by atoms with Crippen molar-refractivity contribution < 1.29 is 4.79 Å². The lowest BCUT2D eigenvalue weighted by Crippen LogP contribution is -2.41. The van der Waals surface area contributed by atoms with Crippen LogP contribution in [-0.4, -0.2) is 53.1 Å². The fraction of sp³-hybridized carbons (Fsp3) is 0.375. The molecule has 3 rings (SSSR count). The van der Waals surface area contributed by atoms with Crippen LogP contribution in [-0.2, 0) is 0 Å². The standard InChI is InChI=1S/C24H31N5O/c1-6-29(28(4)5)24(30)19-12-8-7-11-18(19)23-26-21-14-10-9-13-20(21)22(27-23)25-16-15-17(2)3/h7-14,17H,6,15-16H2,1-5H3,(H,25,26,27). The summed E-state index contributed by atoms with van der Waals surface area (Å²) < 4.78 is 0. The van der Waals surface area contributed by atoms with Crippen LogP contribution in [0.4, 0.5) is 5.82 Å². The number of hydrazine groups is 1. The largest absolute Gasteiger partial charge is 0.369 e. The van der Waals surface area contributed by atoms with E-state index in [2.05, 4.69) is 19.2 Å². The molecule has 1 N–H and O–H groups in total. The molecule has 0 unspecified atom stereocenters. The van der Waals surface area contributed by atoms with E-state index < -0.39 is 0 Å². The van der Waals surface area contributed by atoms with Gasteiger partial charge in [0.1, 0.15) is 5.82 Å². The van der Waals surface area contributed by atoms with Gasteiger partial charge in [-0.1, -0.05) is 44.2 Å². The van der Waals surface area contributed by atoms with Crippen LogP contribution in [0.3, 0.4) is 0 Å². The Kier molecular flexibility index (Phi) is 7.00. The molecule has 1 heterocycles. The molecule has 0 saturated heterocycles. The number of hydrogen-bond acceptors (Lipinski definition) is 5. The second kappa shape index (κ2) is 9.67. The fourth-order valence-corrected chi connectivity index (χ4v) is 3.42. The van der Waals surface area contributed by atoms with E-state index in [1.807, 2.05) is 69.6 Å². The first kappa shape index (κ1) is 21.7. The van der Waals surface area contributed by atoms with Crippen LogP contribution in [0.15, 0.2) is 48.5 Å². The number of benzene rings is 2. The van der Waals surface area contributed by atoms with E-state index >= 15 is 0 Å². The summed E-state index contributed by atoms with van der Waals surface area (Å²) in [7, 11) is 3.74. The van der Waals surface area contributed by atoms with E-state index in [0.717, 1.165) is 35.2 Å². The minimum Gasteiger partial charge on any atom is -0.369 e. The SMILES string of the molecule is CCN(C(=O)c1ccccc1-c1nc(NCCC(C)C)c2ccccc2n1)N(C)C. The number of carbonyl (C=O) groups is 1. The Morgan fingerprint density at radius 3 is 2.43 bits per heavy atom. The number of fused-ring (bicyclic) bond motifs is 1. The van der Waals surface area contributed by atoms with E-state index in [-0.39, 0.29) is 5.91 Å². The maximum absolute atomic E-state index is 13.2. The maximum Gasteiger partial charge on any atom is 0.268 e. The number of aromatic nitrogens is 2. The van der Waals surface area contributed by atoms with Crippen molar-refractivity contribution in [3.63, 3.8) is 0 Å². The first-order valence-electron chi connectivity index (χ1n) is 10.5. The molecule has 0 bridgehead atoms. The normalized spacial score (nSPS) is 11.3. The van der Waals surface area contributed by atoms with Crippen LogP contribution < -0.4 is 5.32 Å². The number of carbonyl (C=O) groups excluding carboxylic acids is 1. The van der Waals surface area contributed by atoms with E-state index in [4.69, 9.17) is 9.97 Å². The molecular formula is C24H31N5O. The maximum atomic E-state index is 13.2. The van der Waals surface area contributed by atoms with Gasteiger partial charge in [0.25, 0.3) is 5.91 Å². The average molecular weight is 406 g/mol. The molecule has 0 radical (unpaired) electrons. The number of para-hydroxylation sites is 1. The number of nitrogens with one attached hydrogen (secondary N) is 1. The van der Waals surface area contributed by atoms with Crippen molar-refractivity contribution in [1.29, 1.82) is 0 Å². The van der Waals surface area contributed by atoms with Crippen LogP contribution in [0.1, 0.15) is 37.6 Å². The monoisotopic (exact) mass is 405 g/mol. The summed E-state index contributed by atoms with van der Waals surface area (Å²) in [5.74, 6) is 1.90. The quantitative estimate of drug-likeness (QED) is 0.551. The summed E-state index contributed by atoms with van der Waals surface area (Å²) in [5.41, 5.74) is 2.19. The first-order valence-corrected chi connectivity index (χ1v) is 10.5. The third kappa shape index (κ3) is 4.76. The minimum atomic E-state index is -0.0656. The van der Waals surface area contributed by atoms with Crippen LogP contribution in [0, 0.1) is 5.92 Å². The van der Waals surface area contributed by atoms with Gasteiger partial charge in [0.15, 0.2) is 5.82 Å². The topological polar surface area (TPSA) is 61.4 Å². The highest BCUT2D eigenvalue weighted by atomic mass is 16.2. The zero-order valence-electron chi connectivity index (χ0n) is 18.5. The Balaban J connectivity index is 2.08. The molecule has 0 aliphatic carbocycles. The highest BCUT2D eigenvalue weighted by molar-refractivity contribution is 6.00. The third-order valence-electron chi connectivity index (χ3n) is 5.03. The molecule has 158 valence electrons. The fourth-order valence-electron chi connectivity index (χ4n) is 3.42. The molecular weight excluding hydrogens is 374 g/mol. The number of rotatable bonds is 8. The predicted octanol–water partition coefficient (Wildman–Crippen LogP) is 4.69. The minimum absolute atomic E-state index is 0.0656. The van der Waals surface area contributed by atoms with Crippen molar-refractivity contribution in [2.24, 2.45) is 5.92 Å². The second-order valence-corrected chi connectivity index (χ2v) is 7.94. The van der Waals surface area contributed by atoms with Gasteiger partial charge in [-0.2, -0.15) is 0 Å². The molecule has 6 heteroatoms. The van der Waals surface area contributed by atoms with Crippen molar-refractivity contribution in [3.05, 3.63) is 54.1 Å². The molecule has 6 nitrogen and oxygen atoms in total. The van der Waals surface area contributed by atoms with Crippen LogP contribution in [0.2, 0.25) is 0 Å². The lowest BCUT2D eigenvalue weighted by molar-refractivity contribution is 0.0231. The van der Waals surface area contributed by atoms with E-state index in [1.165, 1.54) is 0 Å². The molecule has 30 heavy (non-hydrogen) atoms. The number of amides is 1. The van der Waals surface area contributed by atoms with E-state index in [1.54, 1.807) is 10.0 Å². The van der Waals surface area contributed by atoms with Gasteiger partial charge in [0.05, 0.1) is 11.1 Å².